The number of carbonyl (C=O) groups is 1. The maximum atomic E-state index is 12.4. The van der Waals surface area contributed by atoms with Crippen molar-refractivity contribution in [1.29, 1.82) is 0 Å². The summed E-state index contributed by atoms with van der Waals surface area (Å²) in [5, 5.41) is 18.0. The van der Waals surface area contributed by atoms with E-state index in [0.717, 1.165) is 4.31 Å². The van der Waals surface area contributed by atoms with Crippen LogP contribution >= 0.6 is 0 Å². The molecular weight excluding hydrogens is 270 g/mol. The molecule has 0 aromatic heterocycles. The summed E-state index contributed by atoms with van der Waals surface area (Å²) in [5.41, 5.74) is -0.272. The van der Waals surface area contributed by atoms with E-state index < -0.39 is 16.0 Å². The van der Waals surface area contributed by atoms with Crippen molar-refractivity contribution in [2.45, 2.75) is 24.8 Å². The third-order valence-corrected chi connectivity index (χ3v) is 4.73. The summed E-state index contributed by atoms with van der Waals surface area (Å²) < 4.78 is 26.0. The highest BCUT2D eigenvalue weighted by atomic mass is 32.2. The lowest BCUT2D eigenvalue weighted by molar-refractivity contribution is 0.0692. The van der Waals surface area contributed by atoms with Crippen LogP contribution < -0.4 is 0 Å². The van der Waals surface area contributed by atoms with Crippen LogP contribution in [0.2, 0.25) is 0 Å². The van der Waals surface area contributed by atoms with E-state index in [1.54, 1.807) is 13.8 Å². The molecule has 2 N–H and O–H groups in total. The largest absolute Gasteiger partial charge is 0.478 e. The van der Waals surface area contributed by atoms with Gasteiger partial charge in [-0.1, -0.05) is 12.1 Å². The zero-order valence-corrected chi connectivity index (χ0v) is 11.6. The Kier molecular flexibility index (Phi) is 5.04. The smallest absolute Gasteiger partial charge is 0.337 e. The number of sulfonamides is 1. The fourth-order valence-corrected chi connectivity index (χ4v) is 3.56. The van der Waals surface area contributed by atoms with Gasteiger partial charge < -0.3 is 10.2 Å². The molecule has 106 valence electrons. The Labute approximate surface area is 112 Å². The van der Waals surface area contributed by atoms with Crippen molar-refractivity contribution < 1.29 is 23.4 Å². The standard InChI is InChI=1S/C12H17NO5S/c1-9(2)13(7-8-14)19(17,18)11-6-4-3-5-10(11)12(15)16/h3-6,9,14H,7-8H2,1-2H3,(H,15,16). The monoisotopic (exact) mass is 287 g/mol. The van der Waals surface area contributed by atoms with Gasteiger partial charge in [0.1, 0.15) is 0 Å². The summed E-state index contributed by atoms with van der Waals surface area (Å²) in [4.78, 5) is 10.8. The van der Waals surface area contributed by atoms with Crippen molar-refractivity contribution in [3.8, 4) is 0 Å². The lowest BCUT2D eigenvalue weighted by atomic mass is 10.2. The number of aliphatic hydroxyl groups is 1. The molecule has 0 atom stereocenters. The first-order valence-corrected chi connectivity index (χ1v) is 7.21. The minimum absolute atomic E-state index is 0.0754. The molecule has 0 bridgehead atoms. The Bertz CT molecular complexity index is 553. The van der Waals surface area contributed by atoms with Crippen LogP contribution in [0.25, 0.3) is 0 Å². The Balaban J connectivity index is 3.37. The van der Waals surface area contributed by atoms with Crippen molar-refractivity contribution >= 4 is 16.0 Å². The SMILES string of the molecule is CC(C)N(CCO)S(=O)(=O)c1ccccc1C(=O)O. The zero-order chi connectivity index (χ0) is 14.6. The number of rotatable bonds is 6. The first kappa shape index (κ1) is 15.6. The van der Waals surface area contributed by atoms with E-state index in [9.17, 15) is 13.2 Å². The normalized spacial score (nSPS) is 12.1. The predicted molar refractivity (Wildman–Crippen MR) is 69.5 cm³/mol. The predicted octanol–water partition coefficient (Wildman–Crippen LogP) is 0.776. The fraction of sp³-hybridized carbons (Fsp3) is 0.417. The van der Waals surface area contributed by atoms with Gasteiger partial charge in [0, 0.05) is 12.6 Å². The van der Waals surface area contributed by atoms with Gasteiger partial charge in [0.2, 0.25) is 10.0 Å². The molecule has 0 aliphatic rings. The summed E-state index contributed by atoms with van der Waals surface area (Å²) in [6, 6.07) is 5.06. The lowest BCUT2D eigenvalue weighted by Gasteiger charge is -2.25. The first-order chi connectivity index (χ1) is 8.82. The second-order valence-electron chi connectivity index (χ2n) is 4.23. The Morgan fingerprint density at radius 2 is 1.89 bits per heavy atom. The molecule has 0 unspecified atom stereocenters. The summed E-state index contributed by atoms with van der Waals surface area (Å²) in [6.07, 6.45) is 0. The molecule has 0 saturated heterocycles. The van der Waals surface area contributed by atoms with Gasteiger partial charge in [-0.2, -0.15) is 4.31 Å². The number of hydrogen-bond donors (Lipinski definition) is 2. The van der Waals surface area contributed by atoms with Gasteiger partial charge >= 0.3 is 5.97 Å². The van der Waals surface area contributed by atoms with Crippen LogP contribution in [0, 0.1) is 0 Å². The summed E-state index contributed by atoms with van der Waals surface area (Å²) in [7, 11) is -3.95. The first-order valence-electron chi connectivity index (χ1n) is 5.77. The highest BCUT2D eigenvalue weighted by Crippen LogP contribution is 2.21. The minimum atomic E-state index is -3.95. The average molecular weight is 287 g/mol. The van der Waals surface area contributed by atoms with Crippen molar-refractivity contribution in [2.75, 3.05) is 13.2 Å². The van der Waals surface area contributed by atoms with Crippen LogP contribution in [0.4, 0.5) is 0 Å². The molecule has 7 heteroatoms. The Morgan fingerprint density at radius 1 is 1.32 bits per heavy atom. The van der Waals surface area contributed by atoms with Gasteiger partial charge in [-0.05, 0) is 26.0 Å². The molecule has 0 fully saturated rings. The number of benzene rings is 1. The molecule has 0 spiro atoms. The molecule has 0 heterocycles. The lowest BCUT2D eigenvalue weighted by Crippen LogP contribution is -2.39. The van der Waals surface area contributed by atoms with Gasteiger partial charge in [-0.3, -0.25) is 0 Å². The molecule has 1 aromatic rings. The molecule has 0 radical (unpaired) electrons. The molecule has 0 amide bonds. The van der Waals surface area contributed by atoms with Crippen molar-refractivity contribution in [3.63, 3.8) is 0 Å². The molecule has 1 rings (SSSR count). The molecule has 0 aliphatic carbocycles. The van der Waals surface area contributed by atoms with Crippen LogP contribution in [0.1, 0.15) is 24.2 Å². The fourth-order valence-electron chi connectivity index (χ4n) is 1.75. The van der Waals surface area contributed by atoms with Crippen LogP contribution in [0.5, 0.6) is 0 Å². The Hall–Kier alpha value is -1.44. The summed E-state index contributed by atoms with van der Waals surface area (Å²) >= 11 is 0. The zero-order valence-electron chi connectivity index (χ0n) is 10.8. The number of aromatic carboxylic acids is 1. The number of hydrogen-bond acceptors (Lipinski definition) is 4. The Morgan fingerprint density at radius 3 is 2.37 bits per heavy atom. The molecule has 0 aliphatic heterocycles. The number of carboxylic acid groups (broad SMARTS) is 1. The molecule has 1 aromatic carbocycles. The van der Waals surface area contributed by atoms with Crippen molar-refractivity contribution in [3.05, 3.63) is 29.8 Å². The second kappa shape index (κ2) is 6.14. The topological polar surface area (TPSA) is 94.9 Å². The molecule has 19 heavy (non-hydrogen) atoms. The number of carboxylic acids is 1. The average Bonchev–Trinajstić information content (AvgIpc) is 2.35. The highest BCUT2D eigenvalue weighted by Gasteiger charge is 2.30. The molecule has 6 nitrogen and oxygen atoms in total. The maximum Gasteiger partial charge on any atom is 0.337 e. The molecule has 0 saturated carbocycles. The third kappa shape index (κ3) is 3.31. The highest BCUT2D eigenvalue weighted by molar-refractivity contribution is 7.89. The van der Waals surface area contributed by atoms with E-state index in [0.29, 0.717) is 0 Å². The third-order valence-electron chi connectivity index (χ3n) is 2.60. The second-order valence-corrected chi connectivity index (χ2v) is 6.09. The van der Waals surface area contributed by atoms with Crippen LogP contribution in [-0.2, 0) is 10.0 Å². The van der Waals surface area contributed by atoms with Crippen LogP contribution in [0.3, 0.4) is 0 Å². The van der Waals surface area contributed by atoms with Crippen LogP contribution in [0.15, 0.2) is 29.2 Å². The number of aliphatic hydroxyl groups excluding tert-OH is 1. The van der Waals surface area contributed by atoms with Crippen molar-refractivity contribution in [2.24, 2.45) is 0 Å². The number of nitrogens with zero attached hydrogens (tertiary/aromatic N) is 1. The van der Waals surface area contributed by atoms with Crippen LogP contribution in [-0.4, -0.2) is 48.1 Å². The van der Waals surface area contributed by atoms with E-state index in [2.05, 4.69) is 0 Å². The summed E-state index contributed by atoms with van der Waals surface area (Å²) in [5.74, 6) is -1.30. The quantitative estimate of drug-likeness (QED) is 0.806. The van der Waals surface area contributed by atoms with E-state index in [4.69, 9.17) is 10.2 Å². The van der Waals surface area contributed by atoms with Gasteiger partial charge in [-0.25, -0.2) is 13.2 Å². The van der Waals surface area contributed by atoms with E-state index in [-0.39, 0.29) is 29.7 Å². The summed E-state index contributed by atoms with van der Waals surface area (Å²) in [6.45, 7) is 2.92. The van der Waals surface area contributed by atoms with Crippen molar-refractivity contribution in [1.82, 2.24) is 4.31 Å². The van der Waals surface area contributed by atoms with Gasteiger partial charge in [-0.15, -0.1) is 0 Å². The minimum Gasteiger partial charge on any atom is -0.478 e. The van der Waals surface area contributed by atoms with E-state index >= 15 is 0 Å². The van der Waals surface area contributed by atoms with E-state index in [1.165, 1.54) is 24.3 Å². The van der Waals surface area contributed by atoms with E-state index in [1.807, 2.05) is 0 Å². The van der Waals surface area contributed by atoms with Gasteiger partial charge in [0.05, 0.1) is 17.1 Å². The maximum absolute atomic E-state index is 12.4. The molecular formula is C12H17NO5S. The van der Waals surface area contributed by atoms with Gasteiger partial charge in [0.25, 0.3) is 0 Å². The van der Waals surface area contributed by atoms with Gasteiger partial charge in [0.15, 0.2) is 0 Å².